The molecule has 0 aromatic heterocycles. The molecule has 2 atom stereocenters. The first-order valence-electron chi connectivity index (χ1n) is 13.3. The average molecular weight is 531 g/mol. The predicted octanol–water partition coefficient (Wildman–Crippen LogP) is 5.76. The summed E-state index contributed by atoms with van der Waals surface area (Å²) in [7, 11) is 0. The van der Waals surface area contributed by atoms with Gasteiger partial charge in [-0.3, -0.25) is 4.79 Å². The topological polar surface area (TPSA) is 84.5 Å². The van der Waals surface area contributed by atoms with E-state index in [-0.39, 0.29) is 13.0 Å². The van der Waals surface area contributed by atoms with Crippen LogP contribution in [0.1, 0.15) is 16.7 Å². The van der Waals surface area contributed by atoms with Gasteiger partial charge in [-0.2, -0.15) is 0 Å². The van der Waals surface area contributed by atoms with Gasteiger partial charge in [0.25, 0.3) is 0 Å². The highest BCUT2D eigenvalue weighted by Crippen LogP contribution is 2.21. The molecule has 5 aromatic rings. The number of hydrogen-bond acceptors (Lipinski definition) is 4. The number of benzene rings is 5. The van der Waals surface area contributed by atoms with E-state index in [2.05, 4.69) is 10.6 Å². The molecule has 2 unspecified atom stereocenters. The minimum atomic E-state index is -0.955. The normalized spacial score (nSPS) is 12.4. The minimum absolute atomic E-state index is 0.0767. The number of amides is 2. The average Bonchev–Trinajstić information content (AvgIpc) is 3.00. The zero-order valence-corrected chi connectivity index (χ0v) is 22.0. The van der Waals surface area contributed by atoms with Crippen LogP contribution in [0.2, 0.25) is 0 Å². The number of hydrogen-bond donors (Lipinski definition) is 2. The molecular formula is C34H30N2O4. The summed E-state index contributed by atoms with van der Waals surface area (Å²) < 4.78 is 5.41. The number of ether oxygens (including phenoxy) is 1. The number of aldehydes is 1. The number of carbonyl (C=O) groups is 3. The number of nitrogens with one attached hydrogen (secondary N) is 2. The van der Waals surface area contributed by atoms with Crippen LogP contribution in [0, 0.1) is 0 Å². The van der Waals surface area contributed by atoms with Crippen molar-refractivity contribution in [3.63, 3.8) is 0 Å². The third-order valence-corrected chi connectivity index (χ3v) is 6.94. The molecule has 6 nitrogen and oxygen atoms in total. The van der Waals surface area contributed by atoms with E-state index in [0.29, 0.717) is 6.42 Å². The SMILES string of the molecule is O=CC(Cc1cccc2ccccc12)NC(=O)C(Cc1cccc2ccccc12)NC(=O)OCc1ccccc1. The molecule has 40 heavy (non-hydrogen) atoms. The summed E-state index contributed by atoms with van der Waals surface area (Å²) in [5.41, 5.74) is 2.69. The molecule has 0 radical (unpaired) electrons. The maximum absolute atomic E-state index is 13.6. The summed E-state index contributed by atoms with van der Waals surface area (Å²) in [6, 6.07) is 35.2. The van der Waals surface area contributed by atoms with Crippen LogP contribution in [-0.4, -0.2) is 30.4 Å². The zero-order valence-electron chi connectivity index (χ0n) is 22.0. The fraction of sp³-hybridized carbons (Fsp3) is 0.147. The molecule has 0 bridgehead atoms. The van der Waals surface area contributed by atoms with E-state index in [0.717, 1.165) is 44.5 Å². The van der Waals surface area contributed by atoms with Crippen molar-refractivity contribution in [2.24, 2.45) is 0 Å². The van der Waals surface area contributed by atoms with E-state index in [4.69, 9.17) is 4.74 Å². The van der Waals surface area contributed by atoms with E-state index in [1.807, 2.05) is 115 Å². The Morgan fingerprint density at radius 2 is 1.20 bits per heavy atom. The van der Waals surface area contributed by atoms with Crippen molar-refractivity contribution in [3.05, 3.63) is 132 Å². The molecule has 0 aliphatic rings. The van der Waals surface area contributed by atoms with Crippen LogP contribution < -0.4 is 10.6 Å². The van der Waals surface area contributed by atoms with Gasteiger partial charge >= 0.3 is 6.09 Å². The Morgan fingerprint density at radius 3 is 1.82 bits per heavy atom. The summed E-state index contributed by atoms with van der Waals surface area (Å²) in [6.07, 6.45) is 0.590. The minimum Gasteiger partial charge on any atom is -0.445 e. The van der Waals surface area contributed by atoms with Crippen LogP contribution in [0.3, 0.4) is 0 Å². The lowest BCUT2D eigenvalue weighted by Crippen LogP contribution is -2.51. The summed E-state index contributed by atoms with van der Waals surface area (Å²) >= 11 is 0. The van der Waals surface area contributed by atoms with Gasteiger partial charge in [0.2, 0.25) is 5.91 Å². The molecule has 0 saturated heterocycles. The van der Waals surface area contributed by atoms with Crippen LogP contribution in [0.4, 0.5) is 4.79 Å². The van der Waals surface area contributed by atoms with Gasteiger partial charge in [-0.15, -0.1) is 0 Å². The number of carbonyl (C=O) groups excluding carboxylic acids is 3. The van der Waals surface area contributed by atoms with Crippen LogP contribution >= 0.6 is 0 Å². The van der Waals surface area contributed by atoms with Gasteiger partial charge < -0.3 is 20.2 Å². The Morgan fingerprint density at radius 1 is 0.650 bits per heavy atom. The van der Waals surface area contributed by atoms with Gasteiger partial charge in [0.05, 0.1) is 6.04 Å². The molecule has 200 valence electrons. The monoisotopic (exact) mass is 530 g/mol. The van der Waals surface area contributed by atoms with E-state index in [9.17, 15) is 14.4 Å². The highest BCUT2D eigenvalue weighted by molar-refractivity contribution is 5.91. The van der Waals surface area contributed by atoms with E-state index in [1.165, 1.54) is 0 Å². The maximum atomic E-state index is 13.6. The Hall–Kier alpha value is -4.97. The first kappa shape index (κ1) is 26.6. The van der Waals surface area contributed by atoms with Crippen molar-refractivity contribution in [2.45, 2.75) is 31.5 Å². The highest BCUT2D eigenvalue weighted by Gasteiger charge is 2.25. The molecule has 0 fully saturated rings. The number of alkyl carbamates (subject to hydrolysis) is 1. The van der Waals surface area contributed by atoms with E-state index >= 15 is 0 Å². The molecule has 0 aliphatic carbocycles. The van der Waals surface area contributed by atoms with Crippen molar-refractivity contribution in [3.8, 4) is 0 Å². The Balaban J connectivity index is 1.34. The molecule has 0 saturated carbocycles. The molecule has 5 rings (SSSR count). The van der Waals surface area contributed by atoms with Crippen molar-refractivity contribution in [1.82, 2.24) is 10.6 Å². The second kappa shape index (κ2) is 12.7. The third-order valence-electron chi connectivity index (χ3n) is 6.94. The van der Waals surface area contributed by atoms with Gasteiger partial charge in [-0.05, 0) is 38.2 Å². The van der Waals surface area contributed by atoms with Crippen LogP contribution in [0.15, 0.2) is 115 Å². The predicted molar refractivity (Wildman–Crippen MR) is 157 cm³/mol. The summed E-state index contributed by atoms with van der Waals surface area (Å²) in [5.74, 6) is -0.457. The lowest BCUT2D eigenvalue weighted by atomic mass is 9.97. The van der Waals surface area contributed by atoms with Gasteiger partial charge in [-0.1, -0.05) is 115 Å². The third kappa shape index (κ3) is 6.53. The van der Waals surface area contributed by atoms with Crippen LogP contribution in [-0.2, 0) is 33.8 Å². The van der Waals surface area contributed by atoms with Gasteiger partial charge in [-0.25, -0.2) is 4.79 Å². The number of rotatable bonds is 10. The second-order valence-corrected chi connectivity index (χ2v) is 9.69. The summed E-state index contributed by atoms with van der Waals surface area (Å²) in [5, 5.41) is 9.70. The maximum Gasteiger partial charge on any atom is 0.408 e. The summed E-state index contributed by atoms with van der Waals surface area (Å²) in [6.45, 7) is 0.0767. The first-order chi connectivity index (χ1) is 19.6. The van der Waals surface area contributed by atoms with Crippen molar-refractivity contribution >= 4 is 39.8 Å². The molecule has 6 heteroatoms. The molecule has 5 aromatic carbocycles. The van der Waals surface area contributed by atoms with Crippen molar-refractivity contribution in [2.75, 3.05) is 0 Å². The van der Waals surface area contributed by atoms with Gasteiger partial charge in [0.1, 0.15) is 18.9 Å². The Bertz CT molecular complexity index is 1620. The fourth-order valence-electron chi connectivity index (χ4n) is 4.93. The largest absolute Gasteiger partial charge is 0.445 e. The standard InChI is InChI=1S/C34H30N2O4/c37-22-29(20-27-16-8-14-25-12-4-6-18-30(25)27)35-33(38)32(36-34(39)40-23-24-10-2-1-3-11-24)21-28-17-9-15-26-13-5-7-19-31(26)28/h1-19,22,29,32H,20-21,23H2,(H,35,38)(H,36,39). The first-order valence-corrected chi connectivity index (χ1v) is 13.3. The second-order valence-electron chi connectivity index (χ2n) is 9.69. The molecule has 0 spiro atoms. The van der Waals surface area contributed by atoms with Gasteiger partial charge in [0, 0.05) is 12.8 Å². The smallest absolute Gasteiger partial charge is 0.408 e. The lowest BCUT2D eigenvalue weighted by Gasteiger charge is -2.22. The van der Waals surface area contributed by atoms with E-state index < -0.39 is 24.1 Å². The zero-order chi connectivity index (χ0) is 27.7. The van der Waals surface area contributed by atoms with Gasteiger partial charge in [0.15, 0.2) is 0 Å². The Labute approximate surface area is 233 Å². The lowest BCUT2D eigenvalue weighted by molar-refractivity contribution is -0.125. The van der Waals surface area contributed by atoms with Crippen molar-refractivity contribution in [1.29, 1.82) is 0 Å². The molecular weight excluding hydrogens is 500 g/mol. The summed E-state index contributed by atoms with van der Waals surface area (Å²) in [4.78, 5) is 38.5. The Kier molecular flexibility index (Phi) is 8.47. The van der Waals surface area contributed by atoms with Crippen molar-refractivity contribution < 1.29 is 19.1 Å². The fourth-order valence-corrected chi connectivity index (χ4v) is 4.93. The number of fused-ring (bicyclic) bond motifs is 2. The van der Waals surface area contributed by atoms with Crippen LogP contribution in [0.25, 0.3) is 21.5 Å². The molecule has 0 heterocycles. The molecule has 2 amide bonds. The molecule has 2 N–H and O–H groups in total. The molecule has 0 aliphatic heterocycles. The quantitative estimate of drug-likeness (QED) is 0.225. The van der Waals surface area contributed by atoms with E-state index in [1.54, 1.807) is 0 Å². The van der Waals surface area contributed by atoms with Crippen LogP contribution in [0.5, 0.6) is 0 Å². The highest BCUT2D eigenvalue weighted by atomic mass is 16.5.